The SMILES string of the molecule is O=C(CCc1ccc(-n2[se]c3ccccc3c2=O)cc1)NO. The molecule has 5 nitrogen and oxygen atoms in total. The van der Waals surface area contributed by atoms with Crippen LogP contribution in [0.3, 0.4) is 0 Å². The van der Waals surface area contributed by atoms with Gasteiger partial charge in [-0.05, 0) is 0 Å². The van der Waals surface area contributed by atoms with Crippen molar-refractivity contribution in [2.24, 2.45) is 0 Å². The van der Waals surface area contributed by atoms with Crippen LogP contribution in [0.15, 0.2) is 53.3 Å². The second-order valence-electron chi connectivity index (χ2n) is 4.89. The van der Waals surface area contributed by atoms with Crippen molar-refractivity contribution in [2.45, 2.75) is 12.8 Å². The first-order chi connectivity index (χ1) is 10.7. The standard InChI is InChI=1S/C16H14N2O3Se/c19-15(17-21)10-7-11-5-8-12(9-6-11)18-16(20)13-3-1-2-4-14(13)22-18/h1-6,8-9,21H,7,10H2,(H,17,19). The average Bonchev–Trinajstić information content (AvgIpc) is 2.90. The third kappa shape index (κ3) is 2.90. The fourth-order valence-corrected chi connectivity index (χ4v) is 4.35. The average molecular weight is 361 g/mol. The number of carbonyl (C=O) groups is 1. The third-order valence-corrected chi connectivity index (χ3v) is 5.76. The van der Waals surface area contributed by atoms with Crippen LogP contribution in [0.4, 0.5) is 0 Å². The van der Waals surface area contributed by atoms with Gasteiger partial charge in [0.2, 0.25) is 0 Å². The molecule has 0 aliphatic heterocycles. The van der Waals surface area contributed by atoms with E-state index in [0.717, 1.165) is 20.9 Å². The first-order valence-corrected chi connectivity index (χ1v) is 8.44. The number of hydroxylamine groups is 1. The molecule has 6 heteroatoms. The number of carbonyl (C=O) groups excluding carboxylic acids is 1. The van der Waals surface area contributed by atoms with E-state index in [9.17, 15) is 9.59 Å². The van der Waals surface area contributed by atoms with Crippen LogP contribution >= 0.6 is 0 Å². The molecular formula is C16H14N2O3Se. The van der Waals surface area contributed by atoms with E-state index in [2.05, 4.69) is 0 Å². The van der Waals surface area contributed by atoms with Crippen molar-refractivity contribution in [3.8, 4) is 5.69 Å². The van der Waals surface area contributed by atoms with Gasteiger partial charge >= 0.3 is 132 Å². The van der Waals surface area contributed by atoms with Gasteiger partial charge in [0.1, 0.15) is 0 Å². The Morgan fingerprint density at radius 2 is 1.86 bits per heavy atom. The minimum absolute atomic E-state index is 0.0357. The Balaban J connectivity index is 1.87. The first kappa shape index (κ1) is 14.8. The summed E-state index contributed by atoms with van der Waals surface area (Å²) in [5.74, 6) is -0.405. The molecule has 0 spiro atoms. The summed E-state index contributed by atoms with van der Waals surface area (Å²) in [4.78, 5) is 23.4. The summed E-state index contributed by atoms with van der Waals surface area (Å²) in [6.45, 7) is 0. The number of fused-ring (bicyclic) bond motifs is 1. The van der Waals surface area contributed by atoms with Crippen molar-refractivity contribution < 1.29 is 10.0 Å². The Bertz CT molecular complexity index is 865. The summed E-state index contributed by atoms with van der Waals surface area (Å²) in [5, 5.41) is 9.26. The molecule has 2 N–H and O–H groups in total. The van der Waals surface area contributed by atoms with Crippen LogP contribution < -0.4 is 11.0 Å². The van der Waals surface area contributed by atoms with Crippen LogP contribution in [0.25, 0.3) is 15.3 Å². The number of hydrogen-bond donors (Lipinski definition) is 2. The molecule has 0 unspecified atom stereocenters. The van der Waals surface area contributed by atoms with E-state index >= 15 is 0 Å². The number of hydrogen-bond acceptors (Lipinski definition) is 3. The summed E-state index contributed by atoms with van der Waals surface area (Å²) in [7, 11) is 0. The van der Waals surface area contributed by atoms with E-state index in [1.165, 1.54) is 0 Å². The second kappa shape index (κ2) is 6.32. The van der Waals surface area contributed by atoms with Gasteiger partial charge in [-0.25, -0.2) is 0 Å². The fraction of sp³-hybridized carbons (Fsp3) is 0.125. The molecule has 0 bridgehead atoms. The van der Waals surface area contributed by atoms with Gasteiger partial charge in [-0.15, -0.1) is 0 Å². The van der Waals surface area contributed by atoms with E-state index in [1.807, 2.05) is 52.1 Å². The molecule has 1 heterocycles. The molecule has 0 saturated carbocycles. The van der Waals surface area contributed by atoms with Crippen molar-refractivity contribution in [1.29, 1.82) is 0 Å². The normalized spacial score (nSPS) is 10.8. The van der Waals surface area contributed by atoms with E-state index in [4.69, 9.17) is 5.21 Å². The Hall–Kier alpha value is -2.14. The number of nitrogens with one attached hydrogen (secondary N) is 1. The molecule has 1 amide bonds. The predicted octanol–water partition coefficient (Wildman–Crippen LogP) is 1.49. The molecule has 0 aliphatic carbocycles. The van der Waals surface area contributed by atoms with Gasteiger partial charge in [-0.2, -0.15) is 0 Å². The zero-order valence-electron chi connectivity index (χ0n) is 11.7. The van der Waals surface area contributed by atoms with Gasteiger partial charge in [-0.3, -0.25) is 0 Å². The zero-order chi connectivity index (χ0) is 15.5. The number of benzene rings is 2. The van der Waals surface area contributed by atoms with E-state index in [-0.39, 0.29) is 26.7 Å². The Morgan fingerprint density at radius 3 is 2.55 bits per heavy atom. The molecule has 1 aromatic heterocycles. The van der Waals surface area contributed by atoms with Crippen LogP contribution in [0, 0.1) is 0 Å². The first-order valence-electron chi connectivity index (χ1n) is 6.82. The molecular weight excluding hydrogens is 347 g/mol. The van der Waals surface area contributed by atoms with Crippen LogP contribution in [0.1, 0.15) is 12.0 Å². The van der Waals surface area contributed by atoms with E-state index < -0.39 is 5.91 Å². The summed E-state index contributed by atoms with van der Waals surface area (Å²) in [6, 6.07) is 15.3. The molecule has 0 aliphatic rings. The van der Waals surface area contributed by atoms with Gasteiger partial charge in [0.15, 0.2) is 0 Å². The van der Waals surface area contributed by atoms with Crippen molar-refractivity contribution in [3.63, 3.8) is 0 Å². The quantitative estimate of drug-likeness (QED) is 0.420. The Labute approximate surface area is 132 Å². The van der Waals surface area contributed by atoms with E-state index in [1.54, 1.807) is 5.48 Å². The number of rotatable bonds is 4. The molecule has 0 radical (unpaired) electrons. The van der Waals surface area contributed by atoms with Crippen molar-refractivity contribution in [2.75, 3.05) is 0 Å². The molecule has 112 valence electrons. The van der Waals surface area contributed by atoms with Crippen LogP contribution in [-0.4, -0.2) is 29.4 Å². The van der Waals surface area contributed by atoms with Crippen molar-refractivity contribution in [1.82, 2.24) is 9.04 Å². The maximum atomic E-state index is 12.4. The number of aryl methyl sites for hydroxylation is 1. The van der Waals surface area contributed by atoms with E-state index in [0.29, 0.717) is 6.42 Å². The Kier molecular flexibility index (Phi) is 4.24. The van der Waals surface area contributed by atoms with Gasteiger partial charge in [0.25, 0.3) is 0 Å². The third-order valence-electron chi connectivity index (χ3n) is 3.43. The molecule has 2 aromatic carbocycles. The molecule has 0 saturated heterocycles. The molecule has 3 aromatic rings. The number of aromatic nitrogens is 1. The predicted molar refractivity (Wildman–Crippen MR) is 84.7 cm³/mol. The molecule has 3 rings (SSSR count). The Morgan fingerprint density at radius 1 is 1.14 bits per heavy atom. The molecule has 22 heavy (non-hydrogen) atoms. The van der Waals surface area contributed by atoms with Crippen molar-refractivity contribution in [3.05, 3.63) is 64.4 Å². The molecule has 0 fully saturated rings. The monoisotopic (exact) mass is 362 g/mol. The van der Waals surface area contributed by atoms with Crippen LogP contribution in [-0.2, 0) is 11.2 Å². The number of amides is 1. The zero-order valence-corrected chi connectivity index (χ0v) is 13.4. The van der Waals surface area contributed by atoms with Crippen LogP contribution in [0.5, 0.6) is 0 Å². The van der Waals surface area contributed by atoms with Crippen molar-refractivity contribution >= 4 is 30.3 Å². The number of nitrogens with zero attached hydrogens (tertiary/aromatic N) is 1. The molecule has 0 atom stereocenters. The maximum absolute atomic E-state index is 12.4. The summed E-state index contributed by atoms with van der Waals surface area (Å²) < 4.78 is 2.91. The second-order valence-corrected chi connectivity index (χ2v) is 6.96. The topological polar surface area (TPSA) is 71.3 Å². The summed E-state index contributed by atoms with van der Waals surface area (Å²) in [5.41, 5.74) is 3.52. The van der Waals surface area contributed by atoms with Gasteiger partial charge in [0.05, 0.1) is 0 Å². The summed E-state index contributed by atoms with van der Waals surface area (Å²) >= 11 is -0.0357. The van der Waals surface area contributed by atoms with Gasteiger partial charge < -0.3 is 0 Å². The van der Waals surface area contributed by atoms with Gasteiger partial charge in [0, 0.05) is 0 Å². The fourth-order valence-electron chi connectivity index (χ4n) is 2.25. The van der Waals surface area contributed by atoms with Gasteiger partial charge in [-0.1, -0.05) is 0 Å². The van der Waals surface area contributed by atoms with Crippen LogP contribution in [0.2, 0.25) is 0 Å². The minimum atomic E-state index is -0.405. The summed E-state index contributed by atoms with van der Waals surface area (Å²) in [6.07, 6.45) is 0.778.